The molecule has 31 heavy (non-hydrogen) atoms. The first-order valence-corrected chi connectivity index (χ1v) is 11.8. The molecule has 2 unspecified atom stereocenters. The molecule has 6 nitrogen and oxygen atoms in total. The topological polar surface area (TPSA) is 73.5 Å². The molecule has 0 radical (unpaired) electrons. The van der Waals surface area contributed by atoms with Crippen LogP contribution in [0.5, 0.6) is 0 Å². The molecule has 168 valence electrons. The summed E-state index contributed by atoms with van der Waals surface area (Å²) in [6, 6.07) is 3.47. The Morgan fingerprint density at radius 1 is 1.23 bits per heavy atom. The number of halogens is 1. The lowest BCUT2D eigenvalue weighted by atomic mass is 9.76. The first-order valence-electron chi connectivity index (χ1n) is 11.8. The van der Waals surface area contributed by atoms with Crippen LogP contribution in [0.15, 0.2) is 12.1 Å². The van der Waals surface area contributed by atoms with Gasteiger partial charge >= 0.3 is 0 Å². The Balaban J connectivity index is 1.16. The number of carbonyl (C=O) groups is 2. The summed E-state index contributed by atoms with van der Waals surface area (Å²) < 4.78 is 14.2. The summed E-state index contributed by atoms with van der Waals surface area (Å²) in [6.45, 7) is 4.70. The number of amides is 2. The number of benzene rings is 1. The van der Waals surface area contributed by atoms with E-state index in [2.05, 4.69) is 20.9 Å². The normalized spacial score (nSPS) is 30.0. The van der Waals surface area contributed by atoms with Crippen LogP contribution in [0.1, 0.15) is 56.1 Å². The minimum atomic E-state index is -0.401. The third-order valence-electron chi connectivity index (χ3n) is 8.14. The second-order valence-corrected chi connectivity index (χ2v) is 9.97. The number of hydrogen-bond acceptors (Lipinski definition) is 4. The van der Waals surface area contributed by atoms with Crippen LogP contribution >= 0.6 is 0 Å². The van der Waals surface area contributed by atoms with Crippen LogP contribution in [0.25, 0.3) is 0 Å². The molecule has 3 aliphatic heterocycles. The number of fused-ring (bicyclic) bond motifs is 1. The minimum absolute atomic E-state index is 0.0270. The molecule has 2 amide bonds. The number of carbonyl (C=O) groups excluding carboxylic acids is 2. The van der Waals surface area contributed by atoms with E-state index in [0.29, 0.717) is 18.0 Å². The smallest absolute Gasteiger partial charge is 0.243 e. The summed E-state index contributed by atoms with van der Waals surface area (Å²) in [5.74, 6) is -0.0153. The molecule has 1 aromatic carbocycles. The lowest BCUT2D eigenvalue weighted by molar-refractivity contribution is -0.130. The van der Waals surface area contributed by atoms with Crippen molar-refractivity contribution in [2.24, 2.45) is 5.41 Å². The summed E-state index contributed by atoms with van der Waals surface area (Å²) in [7, 11) is 0. The highest BCUT2D eigenvalue weighted by Crippen LogP contribution is 2.39. The van der Waals surface area contributed by atoms with Gasteiger partial charge in [-0.15, -0.1) is 0 Å². The van der Waals surface area contributed by atoms with Gasteiger partial charge in [-0.05, 0) is 76.6 Å². The molecule has 7 heteroatoms. The van der Waals surface area contributed by atoms with Gasteiger partial charge in [0, 0.05) is 36.3 Å². The third kappa shape index (κ3) is 3.81. The molecule has 3 N–H and O–H groups in total. The highest BCUT2D eigenvalue weighted by atomic mass is 19.1. The standard InChI is InChI=1S/C24H33FN4O2/c1-15-5-6-19(25)18-14-20(28-21(15)18)22(30)27-16-3-2-4-17(13-16)29-11-8-24(9-12-29)7-10-26-23(24)31/h5-6,16-17,20,28H,2-4,7-14H2,1H3,(H,26,31)(H,27,30)/t16-,17?,20?/m1/s1. The van der Waals surface area contributed by atoms with Gasteiger partial charge in [-0.25, -0.2) is 4.39 Å². The molecule has 3 atom stereocenters. The molecule has 1 aromatic rings. The average Bonchev–Trinajstić information content (AvgIpc) is 3.37. The zero-order valence-electron chi connectivity index (χ0n) is 18.3. The molecule has 1 aliphatic carbocycles. The van der Waals surface area contributed by atoms with E-state index in [1.807, 2.05) is 6.92 Å². The molecular weight excluding hydrogens is 395 g/mol. The molecule has 4 aliphatic rings. The zero-order valence-corrected chi connectivity index (χ0v) is 18.3. The van der Waals surface area contributed by atoms with E-state index in [0.717, 1.165) is 75.8 Å². The fourth-order valence-electron chi connectivity index (χ4n) is 6.17. The number of hydrogen-bond donors (Lipinski definition) is 3. The lowest BCUT2D eigenvalue weighted by Crippen LogP contribution is -2.52. The molecule has 2 saturated heterocycles. The largest absolute Gasteiger partial charge is 0.373 e. The van der Waals surface area contributed by atoms with Gasteiger partial charge in [-0.3, -0.25) is 9.59 Å². The number of aryl methyl sites for hydroxylation is 1. The fourth-order valence-corrected chi connectivity index (χ4v) is 6.17. The van der Waals surface area contributed by atoms with E-state index < -0.39 is 6.04 Å². The Morgan fingerprint density at radius 3 is 2.74 bits per heavy atom. The van der Waals surface area contributed by atoms with Crippen LogP contribution in [-0.4, -0.2) is 54.5 Å². The Labute approximate surface area is 183 Å². The monoisotopic (exact) mass is 428 g/mol. The van der Waals surface area contributed by atoms with Gasteiger partial charge in [-0.2, -0.15) is 0 Å². The van der Waals surface area contributed by atoms with E-state index in [9.17, 15) is 14.0 Å². The van der Waals surface area contributed by atoms with E-state index in [1.54, 1.807) is 6.07 Å². The summed E-state index contributed by atoms with van der Waals surface area (Å²) in [5, 5.41) is 9.49. The Hall–Kier alpha value is -2.15. The predicted molar refractivity (Wildman–Crippen MR) is 117 cm³/mol. The van der Waals surface area contributed by atoms with Crippen LogP contribution in [0.2, 0.25) is 0 Å². The van der Waals surface area contributed by atoms with Crippen molar-refractivity contribution in [2.75, 3.05) is 25.0 Å². The van der Waals surface area contributed by atoms with E-state index >= 15 is 0 Å². The molecule has 5 rings (SSSR count). The molecule has 0 aromatic heterocycles. The third-order valence-corrected chi connectivity index (χ3v) is 8.14. The van der Waals surface area contributed by atoms with Gasteiger partial charge in [0.15, 0.2) is 0 Å². The molecule has 3 fully saturated rings. The summed E-state index contributed by atoms with van der Waals surface area (Å²) in [6.07, 6.45) is 7.48. The van der Waals surface area contributed by atoms with Crippen molar-refractivity contribution in [1.29, 1.82) is 0 Å². The van der Waals surface area contributed by atoms with Gasteiger partial charge in [-0.1, -0.05) is 6.07 Å². The highest BCUT2D eigenvalue weighted by Gasteiger charge is 2.45. The predicted octanol–water partition coefficient (Wildman–Crippen LogP) is 2.50. The second kappa shape index (κ2) is 8.08. The lowest BCUT2D eigenvalue weighted by Gasteiger charge is -2.44. The first-order chi connectivity index (χ1) is 14.9. The van der Waals surface area contributed by atoms with Crippen molar-refractivity contribution in [3.8, 4) is 0 Å². The van der Waals surface area contributed by atoms with Crippen molar-refractivity contribution in [2.45, 2.75) is 76.4 Å². The van der Waals surface area contributed by atoms with Crippen molar-refractivity contribution in [1.82, 2.24) is 15.5 Å². The number of likely N-dealkylation sites (tertiary alicyclic amines) is 1. The number of anilines is 1. The Bertz CT molecular complexity index is 850. The molecule has 3 heterocycles. The SMILES string of the molecule is Cc1ccc(F)c2c1NC(C(=O)N[C@@H]1CCCC(N3CCC4(CCNC4=O)CC3)C1)C2. The average molecular weight is 429 g/mol. The van der Waals surface area contributed by atoms with Crippen molar-refractivity contribution >= 4 is 17.5 Å². The summed E-state index contributed by atoms with van der Waals surface area (Å²) in [5.41, 5.74) is 2.25. The zero-order chi connectivity index (χ0) is 21.6. The highest BCUT2D eigenvalue weighted by molar-refractivity contribution is 5.88. The van der Waals surface area contributed by atoms with E-state index in [1.165, 1.54) is 6.07 Å². The number of nitrogens with one attached hydrogen (secondary N) is 3. The van der Waals surface area contributed by atoms with Crippen LogP contribution < -0.4 is 16.0 Å². The van der Waals surface area contributed by atoms with Gasteiger partial charge in [0.1, 0.15) is 11.9 Å². The molecule has 1 spiro atoms. The fraction of sp³-hybridized carbons (Fsp3) is 0.667. The van der Waals surface area contributed by atoms with E-state index in [4.69, 9.17) is 0 Å². The number of rotatable bonds is 3. The minimum Gasteiger partial charge on any atom is -0.373 e. The number of nitrogens with zero attached hydrogens (tertiary/aromatic N) is 1. The van der Waals surface area contributed by atoms with Gasteiger partial charge < -0.3 is 20.9 Å². The van der Waals surface area contributed by atoms with Crippen molar-refractivity contribution < 1.29 is 14.0 Å². The Morgan fingerprint density at radius 2 is 2.03 bits per heavy atom. The maximum atomic E-state index is 14.2. The maximum absolute atomic E-state index is 14.2. The van der Waals surface area contributed by atoms with Crippen LogP contribution in [0.4, 0.5) is 10.1 Å². The van der Waals surface area contributed by atoms with Crippen LogP contribution in [0, 0.1) is 18.2 Å². The van der Waals surface area contributed by atoms with Crippen molar-refractivity contribution in [3.63, 3.8) is 0 Å². The second-order valence-electron chi connectivity index (χ2n) is 9.97. The van der Waals surface area contributed by atoms with Gasteiger partial charge in [0.2, 0.25) is 11.8 Å². The number of piperidine rings is 1. The van der Waals surface area contributed by atoms with Gasteiger partial charge in [0.05, 0.1) is 5.41 Å². The Kier molecular flexibility index (Phi) is 5.40. The van der Waals surface area contributed by atoms with Crippen LogP contribution in [-0.2, 0) is 16.0 Å². The van der Waals surface area contributed by atoms with Crippen LogP contribution in [0.3, 0.4) is 0 Å². The van der Waals surface area contributed by atoms with E-state index in [-0.39, 0.29) is 29.1 Å². The summed E-state index contributed by atoms with van der Waals surface area (Å²) in [4.78, 5) is 27.7. The van der Waals surface area contributed by atoms with Crippen molar-refractivity contribution in [3.05, 3.63) is 29.1 Å². The summed E-state index contributed by atoms with van der Waals surface area (Å²) >= 11 is 0. The maximum Gasteiger partial charge on any atom is 0.243 e. The quantitative estimate of drug-likeness (QED) is 0.692. The molecule has 1 saturated carbocycles. The first kappa shape index (κ1) is 20.7. The molecular formula is C24H33FN4O2. The van der Waals surface area contributed by atoms with Gasteiger partial charge in [0.25, 0.3) is 0 Å². The molecule has 0 bridgehead atoms.